The molecule has 1 aromatic rings. The van der Waals surface area contributed by atoms with Gasteiger partial charge in [0.2, 0.25) is 0 Å². The Morgan fingerprint density at radius 2 is 1.85 bits per heavy atom. The number of hydrogen-bond donors (Lipinski definition) is 3. The predicted molar refractivity (Wildman–Crippen MR) is 154 cm³/mol. The molecule has 4 rings (SSSR count). The fourth-order valence-corrected chi connectivity index (χ4v) is 6.82. The third-order valence-electron chi connectivity index (χ3n) is 6.96. The van der Waals surface area contributed by atoms with Crippen molar-refractivity contribution in [2.45, 2.75) is 62.1 Å². The number of likely N-dealkylation sites (tertiary alicyclic amines) is 1. The highest BCUT2D eigenvalue weighted by Crippen LogP contribution is 2.49. The van der Waals surface area contributed by atoms with Gasteiger partial charge in [-0.3, -0.25) is 9.59 Å². The number of allylic oxidation sites excluding steroid dienone is 2. The van der Waals surface area contributed by atoms with E-state index in [-0.39, 0.29) is 27.0 Å². The Kier molecular flexibility index (Phi) is 8.13. The van der Waals surface area contributed by atoms with Crippen LogP contribution in [0.15, 0.2) is 62.4 Å². The maximum atomic E-state index is 13.8. The summed E-state index contributed by atoms with van der Waals surface area (Å²) in [6.07, 6.45) is 5.15. The van der Waals surface area contributed by atoms with Gasteiger partial charge < -0.3 is 20.6 Å². The van der Waals surface area contributed by atoms with Crippen LogP contribution in [0.2, 0.25) is 0 Å². The number of benzene rings is 1. The molecular weight excluding hydrogens is 536 g/mol. The predicted octanol–water partition coefficient (Wildman–Crippen LogP) is 4.64. The van der Waals surface area contributed by atoms with Crippen molar-refractivity contribution in [3.05, 3.63) is 64.2 Å². The minimum Gasteiger partial charge on any atom is -0.480 e. The minimum absolute atomic E-state index is 0.139. The topological polar surface area (TPSA) is 128 Å². The first-order valence-corrected chi connectivity index (χ1v) is 14.2. The quantitative estimate of drug-likeness (QED) is 0.451. The zero-order valence-electron chi connectivity index (χ0n) is 22.4. The maximum Gasteiger partial charge on any atom is 0.328 e. The van der Waals surface area contributed by atoms with E-state index < -0.39 is 17.5 Å². The molecule has 1 fully saturated rings. The maximum absolute atomic E-state index is 13.8. The van der Waals surface area contributed by atoms with E-state index in [0.717, 1.165) is 28.0 Å². The smallest absolute Gasteiger partial charge is 0.328 e. The molecule has 206 valence electrons. The number of piperidine rings is 1. The summed E-state index contributed by atoms with van der Waals surface area (Å²) >= 11 is 2.66. The van der Waals surface area contributed by atoms with Gasteiger partial charge in [-0.1, -0.05) is 24.3 Å². The molecule has 3 aliphatic rings. The lowest BCUT2D eigenvalue weighted by Gasteiger charge is -2.43. The monoisotopic (exact) mass is 568 g/mol. The number of fused-ring (bicyclic) bond motifs is 1. The number of urea groups is 1. The van der Waals surface area contributed by atoms with E-state index in [0.29, 0.717) is 43.6 Å². The summed E-state index contributed by atoms with van der Waals surface area (Å²) in [6.45, 7) is 11.4. The standard InChI is InChI=1S/C28H32N4O5S2/c1-16-6-9-21-19(14-16)20(33)15-28(38-21)10-12-32(13-11-28)24(34)22-17(2)7-8-18(3)31-39-23(22)29-26(37)30-27(4,5)25(35)36/h6-9,14H,2,10-13,15H2,1,3-5H3,(H,35,36)(H2,29,30,37)/b8-7-,23-22?,31-18?. The van der Waals surface area contributed by atoms with Gasteiger partial charge in [-0.25, -0.2) is 14.0 Å². The zero-order valence-corrected chi connectivity index (χ0v) is 24.1. The Hall–Kier alpha value is -3.31. The molecule has 3 N–H and O–H groups in total. The lowest BCUT2D eigenvalue weighted by Crippen LogP contribution is -2.53. The van der Waals surface area contributed by atoms with Crippen LogP contribution in [0.25, 0.3) is 0 Å². The second-order valence-corrected chi connectivity index (χ2v) is 12.9. The Morgan fingerprint density at radius 1 is 1.15 bits per heavy atom. The zero-order chi connectivity index (χ0) is 28.5. The highest BCUT2D eigenvalue weighted by Gasteiger charge is 2.43. The van der Waals surface area contributed by atoms with E-state index >= 15 is 0 Å². The molecule has 1 aromatic carbocycles. The highest BCUT2D eigenvalue weighted by molar-refractivity contribution is 8.02. The number of aliphatic carboxylic acids is 1. The van der Waals surface area contributed by atoms with E-state index in [1.165, 1.54) is 13.8 Å². The first kappa shape index (κ1) is 28.7. The van der Waals surface area contributed by atoms with Gasteiger partial charge in [0.15, 0.2) is 5.78 Å². The number of carbonyl (C=O) groups excluding carboxylic acids is 3. The molecule has 3 heterocycles. The molecule has 0 atom stereocenters. The number of nitrogens with zero attached hydrogens (tertiary/aromatic N) is 2. The van der Waals surface area contributed by atoms with Crippen LogP contribution in [0.5, 0.6) is 0 Å². The fraction of sp³-hybridized carbons (Fsp3) is 0.393. The third kappa shape index (κ3) is 6.30. The number of nitrogens with one attached hydrogen (secondary N) is 2. The molecule has 9 nitrogen and oxygen atoms in total. The summed E-state index contributed by atoms with van der Waals surface area (Å²) in [4.78, 5) is 53.7. The van der Waals surface area contributed by atoms with E-state index in [2.05, 4.69) is 21.6 Å². The van der Waals surface area contributed by atoms with Gasteiger partial charge in [-0.2, -0.15) is 0 Å². The molecule has 0 saturated carbocycles. The molecule has 39 heavy (non-hydrogen) atoms. The number of rotatable bonds is 4. The van der Waals surface area contributed by atoms with Gasteiger partial charge in [-0.15, -0.1) is 11.8 Å². The summed E-state index contributed by atoms with van der Waals surface area (Å²) in [5.41, 5.74) is 1.57. The Morgan fingerprint density at radius 3 is 2.51 bits per heavy atom. The summed E-state index contributed by atoms with van der Waals surface area (Å²) in [5, 5.41) is 14.6. The SMILES string of the molecule is C=C1/C=C\C(C)=NSC(NC(=O)NC(C)(C)C(=O)O)=C1C(=O)N1CCC2(CC1)CC(=O)c1cc(C)ccc1S2. The van der Waals surface area contributed by atoms with Crippen LogP contribution in [0.1, 0.15) is 56.0 Å². The molecule has 3 amide bonds. The van der Waals surface area contributed by atoms with Crippen molar-refractivity contribution in [1.29, 1.82) is 0 Å². The Balaban J connectivity index is 1.55. The number of thioether (sulfide) groups is 1. The summed E-state index contributed by atoms with van der Waals surface area (Å²) in [6, 6.07) is 5.20. The lowest BCUT2D eigenvalue weighted by molar-refractivity contribution is -0.143. The van der Waals surface area contributed by atoms with E-state index in [4.69, 9.17) is 0 Å². The van der Waals surface area contributed by atoms with E-state index in [9.17, 15) is 24.3 Å². The van der Waals surface area contributed by atoms with Gasteiger partial charge in [0.05, 0.1) is 5.57 Å². The molecule has 1 spiro atoms. The average Bonchev–Trinajstić information content (AvgIpc) is 2.85. The number of hydrogen-bond acceptors (Lipinski definition) is 7. The van der Waals surface area contributed by atoms with Gasteiger partial charge in [0, 0.05) is 52.4 Å². The van der Waals surface area contributed by atoms with E-state index in [1.807, 2.05) is 25.1 Å². The molecule has 11 heteroatoms. The first-order valence-electron chi connectivity index (χ1n) is 12.6. The van der Waals surface area contributed by atoms with Gasteiger partial charge >= 0.3 is 12.0 Å². The fourth-order valence-electron chi connectivity index (χ4n) is 4.60. The lowest BCUT2D eigenvalue weighted by atomic mass is 9.87. The van der Waals surface area contributed by atoms with Gasteiger partial charge in [0.1, 0.15) is 10.6 Å². The van der Waals surface area contributed by atoms with Crippen molar-refractivity contribution in [3.63, 3.8) is 0 Å². The second kappa shape index (κ2) is 11.1. The first-order chi connectivity index (χ1) is 18.3. The van der Waals surface area contributed by atoms with Crippen LogP contribution in [-0.4, -0.2) is 62.8 Å². The molecule has 3 aliphatic heterocycles. The van der Waals surface area contributed by atoms with E-state index in [1.54, 1.807) is 35.7 Å². The van der Waals surface area contributed by atoms with Gasteiger partial charge in [-0.05, 0) is 64.3 Å². The highest BCUT2D eigenvalue weighted by atomic mass is 32.2. The van der Waals surface area contributed by atoms with Gasteiger partial charge in [0.25, 0.3) is 5.91 Å². The van der Waals surface area contributed by atoms with Crippen LogP contribution < -0.4 is 10.6 Å². The molecule has 1 saturated heterocycles. The van der Waals surface area contributed by atoms with Crippen LogP contribution in [-0.2, 0) is 9.59 Å². The number of carboxylic acids is 1. The number of ketones is 1. The van der Waals surface area contributed by atoms with Crippen molar-refractivity contribution >= 4 is 53.1 Å². The molecule has 0 radical (unpaired) electrons. The van der Waals surface area contributed by atoms with Crippen molar-refractivity contribution in [2.24, 2.45) is 4.40 Å². The van der Waals surface area contributed by atoms with Crippen molar-refractivity contribution in [1.82, 2.24) is 15.5 Å². The number of Topliss-reactive ketones (excluding diaryl/α,β-unsaturated/α-hetero) is 1. The number of aryl methyl sites for hydroxylation is 1. The van der Waals surface area contributed by atoms with Crippen LogP contribution in [0.3, 0.4) is 0 Å². The number of carbonyl (C=O) groups is 4. The van der Waals surface area contributed by atoms with Crippen LogP contribution in [0, 0.1) is 6.92 Å². The number of carboxylic acid groups (broad SMARTS) is 1. The van der Waals surface area contributed by atoms with Crippen molar-refractivity contribution in [3.8, 4) is 0 Å². The molecular formula is C28H32N4O5S2. The number of amides is 3. The average molecular weight is 569 g/mol. The minimum atomic E-state index is -1.52. The molecule has 0 aliphatic carbocycles. The molecule has 0 unspecified atom stereocenters. The third-order valence-corrected chi connectivity index (χ3v) is 9.39. The Bertz CT molecular complexity index is 1350. The van der Waals surface area contributed by atoms with Crippen molar-refractivity contribution in [2.75, 3.05) is 13.1 Å². The molecule has 0 aromatic heterocycles. The second-order valence-electron chi connectivity index (χ2n) is 10.6. The van der Waals surface area contributed by atoms with Crippen LogP contribution >= 0.6 is 23.7 Å². The largest absolute Gasteiger partial charge is 0.480 e. The van der Waals surface area contributed by atoms with Crippen LogP contribution in [0.4, 0.5) is 4.79 Å². The summed E-state index contributed by atoms with van der Waals surface area (Å²) < 4.78 is 4.08. The van der Waals surface area contributed by atoms with Crippen molar-refractivity contribution < 1.29 is 24.3 Å². The summed E-state index contributed by atoms with van der Waals surface area (Å²) in [5.74, 6) is -1.37. The normalized spacial score (nSPS) is 20.0. The Labute approximate surface area is 236 Å². The summed E-state index contributed by atoms with van der Waals surface area (Å²) in [7, 11) is 0. The molecule has 0 bridgehead atoms.